The van der Waals surface area contributed by atoms with Crippen molar-refractivity contribution < 1.29 is 29.7 Å². The number of aliphatic hydroxyl groups is 2. The van der Waals surface area contributed by atoms with Gasteiger partial charge in [0.05, 0.1) is 30.9 Å². The first-order valence-electron chi connectivity index (χ1n) is 12.8. The summed E-state index contributed by atoms with van der Waals surface area (Å²) in [6.07, 6.45) is 1.22. The Morgan fingerprint density at radius 2 is 1.89 bits per heavy atom. The number of hydrogen-bond donors (Lipinski definition) is 5. The first-order valence-corrected chi connectivity index (χ1v) is 12.8. The van der Waals surface area contributed by atoms with Crippen molar-refractivity contribution in [2.24, 2.45) is 23.7 Å². The number of carbonyl (C=O) groups is 3. The summed E-state index contributed by atoms with van der Waals surface area (Å²) in [6.45, 7) is 6.26. The lowest BCUT2D eigenvalue weighted by molar-refractivity contribution is -0.131. The lowest BCUT2D eigenvalue weighted by atomic mass is 9.73. The van der Waals surface area contributed by atoms with Gasteiger partial charge in [0.25, 0.3) is 0 Å². The number of carbonyl (C=O) groups excluding carboxylic acids is 3. The van der Waals surface area contributed by atoms with Gasteiger partial charge in [0.2, 0.25) is 0 Å². The van der Waals surface area contributed by atoms with E-state index in [4.69, 9.17) is 0 Å². The van der Waals surface area contributed by atoms with E-state index in [0.29, 0.717) is 43.1 Å². The second-order valence-electron chi connectivity index (χ2n) is 10.6. The first kappa shape index (κ1) is 29.7. The van der Waals surface area contributed by atoms with Crippen LogP contribution < -0.4 is 15.5 Å². The molecule has 3 atom stereocenters. The molecule has 0 fully saturated rings. The molecule has 1 aromatic carbocycles. The summed E-state index contributed by atoms with van der Waals surface area (Å²) in [6, 6.07) is 1.85. The number of phenolic OH excluding ortho intramolecular Hbond substituents is 1. The van der Waals surface area contributed by atoms with Crippen molar-refractivity contribution in [3.63, 3.8) is 0 Å². The van der Waals surface area contributed by atoms with Gasteiger partial charge in [-0.3, -0.25) is 19.7 Å². The van der Waals surface area contributed by atoms with Crippen molar-refractivity contribution in [3.8, 4) is 5.75 Å². The van der Waals surface area contributed by atoms with Crippen LogP contribution in [0.5, 0.6) is 5.75 Å². The van der Waals surface area contributed by atoms with Crippen LogP contribution in [0.2, 0.25) is 0 Å². The van der Waals surface area contributed by atoms with Crippen LogP contribution in [0.1, 0.15) is 62.4 Å². The Hall–Kier alpha value is -2.49. The molecule has 0 radical (unpaired) electrons. The third-order valence-corrected chi connectivity index (χ3v) is 6.81. The summed E-state index contributed by atoms with van der Waals surface area (Å²) in [5, 5.41) is 37.0. The zero-order valence-corrected chi connectivity index (χ0v) is 22.3. The molecule has 3 unspecified atom stereocenters. The van der Waals surface area contributed by atoms with Gasteiger partial charge in [0.15, 0.2) is 5.78 Å². The van der Waals surface area contributed by atoms with E-state index < -0.39 is 12.5 Å². The SMILES string of the molecule is CC(=O)CC(=O)C(CO)C(CCO)CC1CC(=O)c2c(O)c(NCNCC(C)C)cc(N(C)C)c2C1. The average molecular weight is 506 g/mol. The van der Waals surface area contributed by atoms with Crippen LogP contribution in [0.15, 0.2) is 6.07 Å². The molecule has 0 aromatic heterocycles. The fourth-order valence-corrected chi connectivity index (χ4v) is 5.12. The molecule has 0 spiro atoms. The second-order valence-corrected chi connectivity index (χ2v) is 10.6. The van der Waals surface area contributed by atoms with Crippen LogP contribution in [0.4, 0.5) is 11.4 Å². The van der Waals surface area contributed by atoms with Crippen LogP contribution in [0.25, 0.3) is 0 Å². The maximum Gasteiger partial charge on any atom is 0.167 e. The molecule has 2 rings (SSSR count). The molecule has 9 nitrogen and oxygen atoms in total. The van der Waals surface area contributed by atoms with E-state index in [9.17, 15) is 29.7 Å². The molecular weight excluding hydrogens is 462 g/mol. The topological polar surface area (TPSA) is 139 Å². The maximum atomic E-state index is 13.3. The Kier molecular flexibility index (Phi) is 11.3. The van der Waals surface area contributed by atoms with E-state index in [1.165, 1.54) is 6.92 Å². The minimum absolute atomic E-state index is 0.0535. The molecule has 0 amide bonds. The summed E-state index contributed by atoms with van der Waals surface area (Å²) >= 11 is 0. The average Bonchev–Trinajstić information content (AvgIpc) is 2.77. The molecule has 0 bridgehead atoms. The van der Waals surface area contributed by atoms with Gasteiger partial charge in [-0.2, -0.15) is 0 Å². The number of benzene rings is 1. The highest BCUT2D eigenvalue weighted by Gasteiger charge is 2.36. The van der Waals surface area contributed by atoms with Crippen LogP contribution in [-0.4, -0.2) is 73.2 Å². The third kappa shape index (κ3) is 7.75. The summed E-state index contributed by atoms with van der Waals surface area (Å²) in [5.74, 6) is -1.57. The molecule has 202 valence electrons. The molecule has 0 heterocycles. The smallest absolute Gasteiger partial charge is 0.167 e. The summed E-state index contributed by atoms with van der Waals surface area (Å²) in [7, 11) is 3.77. The highest BCUT2D eigenvalue weighted by molar-refractivity contribution is 6.04. The molecule has 0 saturated heterocycles. The Bertz CT molecular complexity index is 931. The number of rotatable bonds is 15. The predicted octanol–water partition coefficient (Wildman–Crippen LogP) is 2.36. The Morgan fingerprint density at radius 3 is 2.44 bits per heavy atom. The third-order valence-electron chi connectivity index (χ3n) is 6.81. The van der Waals surface area contributed by atoms with E-state index >= 15 is 0 Å². The largest absolute Gasteiger partial charge is 0.505 e. The summed E-state index contributed by atoms with van der Waals surface area (Å²) in [5.41, 5.74) is 2.41. The number of hydrogen-bond acceptors (Lipinski definition) is 9. The van der Waals surface area contributed by atoms with Gasteiger partial charge >= 0.3 is 0 Å². The van der Waals surface area contributed by atoms with Gasteiger partial charge in [0.1, 0.15) is 17.3 Å². The van der Waals surface area contributed by atoms with Crippen molar-refractivity contribution in [2.45, 2.75) is 52.9 Å². The Labute approximate surface area is 214 Å². The van der Waals surface area contributed by atoms with E-state index in [1.807, 2.05) is 25.1 Å². The number of aromatic hydroxyl groups is 1. The van der Waals surface area contributed by atoms with Gasteiger partial charge in [0, 0.05) is 38.7 Å². The number of nitrogens with zero attached hydrogens (tertiary/aromatic N) is 1. The van der Waals surface area contributed by atoms with E-state index in [2.05, 4.69) is 24.5 Å². The lowest BCUT2D eigenvalue weighted by Gasteiger charge is -2.33. The summed E-state index contributed by atoms with van der Waals surface area (Å²) in [4.78, 5) is 39.3. The number of aliphatic hydroxyl groups excluding tert-OH is 2. The number of anilines is 2. The Balaban J connectivity index is 2.31. The standard InChI is InChI=1S/C27H43N3O6/c1-16(2)13-28-15-29-22-12-23(30(4)5)20-10-18(11-25(35)26(20)27(22)36)9-19(6-7-31)21(14-32)24(34)8-17(3)33/h12,16,18-19,21,28-29,31-32,36H,6-11,13-15H2,1-5H3. The maximum absolute atomic E-state index is 13.3. The van der Waals surface area contributed by atoms with Crippen molar-refractivity contribution >= 4 is 28.7 Å². The minimum Gasteiger partial charge on any atom is -0.505 e. The molecule has 1 aliphatic rings. The van der Waals surface area contributed by atoms with E-state index in [0.717, 1.165) is 17.8 Å². The highest BCUT2D eigenvalue weighted by atomic mass is 16.3. The van der Waals surface area contributed by atoms with Crippen molar-refractivity contribution in [1.29, 1.82) is 0 Å². The van der Waals surface area contributed by atoms with Crippen LogP contribution in [0.3, 0.4) is 0 Å². The van der Waals surface area contributed by atoms with E-state index in [-0.39, 0.29) is 54.4 Å². The quantitative estimate of drug-likeness (QED) is 0.105. The molecule has 1 aromatic rings. The van der Waals surface area contributed by atoms with E-state index in [1.54, 1.807) is 0 Å². The second kappa shape index (κ2) is 13.7. The molecule has 0 aliphatic heterocycles. The molecular formula is C27H43N3O6. The summed E-state index contributed by atoms with van der Waals surface area (Å²) < 4.78 is 0. The molecule has 36 heavy (non-hydrogen) atoms. The van der Waals surface area contributed by atoms with Crippen molar-refractivity contribution in [2.75, 3.05) is 50.7 Å². The predicted molar refractivity (Wildman–Crippen MR) is 141 cm³/mol. The van der Waals surface area contributed by atoms with Gasteiger partial charge in [-0.05, 0) is 62.1 Å². The van der Waals surface area contributed by atoms with Crippen LogP contribution in [-0.2, 0) is 16.0 Å². The van der Waals surface area contributed by atoms with Crippen molar-refractivity contribution in [3.05, 3.63) is 17.2 Å². The van der Waals surface area contributed by atoms with Gasteiger partial charge in [-0.25, -0.2) is 0 Å². The van der Waals surface area contributed by atoms with Crippen molar-refractivity contribution in [1.82, 2.24) is 5.32 Å². The zero-order valence-electron chi connectivity index (χ0n) is 22.3. The highest BCUT2D eigenvalue weighted by Crippen LogP contribution is 2.44. The number of nitrogens with one attached hydrogen (secondary N) is 2. The molecule has 1 aliphatic carbocycles. The lowest BCUT2D eigenvalue weighted by Crippen LogP contribution is -2.33. The number of Topliss-reactive ketones (excluding diaryl/α,β-unsaturated/α-hetero) is 3. The molecule has 5 N–H and O–H groups in total. The first-order chi connectivity index (χ1) is 17.0. The van der Waals surface area contributed by atoms with Crippen LogP contribution in [0, 0.1) is 23.7 Å². The molecule has 0 saturated carbocycles. The number of fused-ring (bicyclic) bond motifs is 1. The number of phenols is 1. The fourth-order valence-electron chi connectivity index (χ4n) is 5.12. The minimum atomic E-state index is -0.760. The zero-order chi connectivity index (χ0) is 27.0. The Morgan fingerprint density at radius 1 is 1.19 bits per heavy atom. The van der Waals surface area contributed by atoms with Gasteiger partial charge < -0.3 is 25.5 Å². The number of ketones is 3. The normalized spacial score (nSPS) is 17.0. The fraction of sp³-hybridized carbons (Fsp3) is 0.667. The monoisotopic (exact) mass is 505 g/mol. The van der Waals surface area contributed by atoms with Gasteiger partial charge in [-0.1, -0.05) is 13.8 Å². The van der Waals surface area contributed by atoms with Crippen LogP contribution >= 0.6 is 0 Å². The molecule has 9 heteroatoms. The van der Waals surface area contributed by atoms with Gasteiger partial charge in [-0.15, -0.1) is 0 Å².